The van der Waals surface area contributed by atoms with E-state index in [1.54, 1.807) is 4.90 Å². The Bertz CT molecular complexity index is 542. The van der Waals surface area contributed by atoms with Crippen LogP contribution in [0.5, 0.6) is 0 Å². The van der Waals surface area contributed by atoms with Crippen molar-refractivity contribution in [3.05, 3.63) is 35.9 Å². The van der Waals surface area contributed by atoms with Gasteiger partial charge in [-0.25, -0.2) is 4.79 Å². The van der Waals surface area contributed by atoms with Crippen LogP contribution in [-0.4, -0.2) is 55.0 Å². The molecule has 1 saturated heterocycles. The van der Waals surface area contributed by atoms with Crippen LogP contribution >= 0.6 is 0 Å². The lowest BCUT2D eigenvalue weighted by atomic mass is 9.96. The Morgan fingerprint density at radius 1 is 1.20 bits per heavy atom. The molecule has 0 spiro atoms. The van der Waals surface area contributed by atoms with E-state index >= 15 is 0 Å². The summed E-state index contributed by atoms with van der Waals surface area (Å²) in [5.74, 6) is 0.128. The van der Waals surface area contributed by atoms with Crippen molar-refractivity contribution in [1.29, 1.82) is 0 Å². The molecule has 0 bridgehead atoms. The van der Waals surface area contributed by atoms with Gasteiger partial charge in [0.2, 0.25) is 5.91 Å². The number of hydrogen-bond acceptors (Lipinski definition) is 3. The van der Waals surface area contributed by atoms with Crippen LogP contribution in [0.4, 0.5) is 4.79 Å². The third-order valence-corrected chi connectivity index (χ3v) is 4.66. The van der Waals surface area contributed by atoms with E-state index in [2.05, 4.69) is 5.32 Å². The van der Waals surface area contributed by atoms with E-state index < -0.39 is 0 Å². The standard InChI is InChI=1S/C19H30N4O2/c1-22(15-16-7-3-2-4-8-16)19(25)23-13-9-17(10-14-23)18(24)21-12-6-5-11-20/h2-4,7-8,17H,5-6,9-15,20H2,1H3,(H,21,24). The smallest absolute Gasteiger partial charge is 0.320 e. The summed E-state index contributed by atoms with van der Waals surface area (Å²) in [5.41, 5.74) is 6.57. The second-order valence-corrected chi connectivity index (χ2v) is 6.67. The third kappa shape index (κ3) is 6.05. The van der Waals surface area contributed by atoms with Crippen molar-refractivity contribution in [3.63, 3.8) is 0 Å². The molecule has 1 fully saturated rings. The molecule has 0 aliphatic carbocycles. The molecule has 0 unspecified atom stereocenters. The zero-order valence-electron chi connectivity index (χ0n) is 15.1. The number of nitrogens with two attached hydrogens (primary N) is 1. The van der Waals surface area contributed by atoms with Gasteiger partial charge < -0.3 is 20.9 Å². The highest BCUT2D eigenvalue weighted by molar-refractivity contribution is 5.79. The molecule has 6 nitrogen and oxygen atoms in total. The van der Waals surface area contributed by atoms with Crippen LogP contribution in [0.3, 0.4) is 0 Å². The lowest BCUT2D eigenvalue weighted by Gasteiger charge is -2.34. The normalized spacial score (nSPS) is 15.0. The Morgan fingerprint density at radius 3 is 2.52 bits per heavy atom. The van der Waals surface area contributed by atoms with E-state index in [0.717, 1.165) is 31.2 Å². The SMILES string of the molecule is CN(Cc1ccccc1)C(=O)N1CCC(C(=O)NCCCCN)CC1. The molecule has 138 valence electrons. The molecule has 1 aromatic rings. The van der Waals surface area contributed by atoms with Crippen LogP contribution in [0.25, 0.3) is 0 Å². The quantitative estimate of drug-likeness (QED) is 0.739. The summed E-state index contributed by atoms with van der Waals surface area (Å²) in [5, 5.41) is 2.98. The lowest BCUT2D eigenvalue weighted by molar-refractivity contribution is -0.126. The fraction of sp³-hybridized carbons (Fsp3) is 0.579. The van der Waals surface area contributed by atoms with Crippen LogP contribution < -0.4 is 11.1 Å². The molecule has 0 aromatic heterocycles. The van der Waals surface area contributed by atoms with Crippen molar-refractivity contribution in [2.75, 3.05) is 33.2 Å². The summed E-state index contributed by atoms with van der Waals surface area (Å²) in [7, 11) is 1.82. The van der Waals surface area contributed by atoms with Gasteiger partial charge in [-0.2, -0.15) is 0 Å². The van der Waals surface area contributed by atoms with Crippen molar-refractivity contribution in [2.24, 2.45) is 11.7 Å². The van der Waals surface area contributed by atoms with Crippen molar-refractivity contribution in [2.45, 2.75) is 32.2 Å². The van der Waals surface area contributed by atoms with Gasteiger partial charge in [-0.15, -0.1) is 0 Å². The Kier molecular flexibility index (Phi) is 7.73. The number of likely N-dealkylation sites (tertiary alicyclic amines) is 1. The molecule has 1 aliphatic heterocycles. The third-order valence-electron chi connectivity index (χ3n) is 4.66. The Balaban J connectivity index is 1.73. The molecular weight excluding hydrogens is 316 g/mol. The molecule has 0 atom stereocenters. The highest BCUT2D eigenvalue weighted by Crippen LogP contribution is 2.19. The van der Waals surface area contributed by atoms with Crippen LogP contribution in [0.1, 0.15) is 31.2 Å². The van der Waals surface area contributed by atoms with Crippen LogP contribution in [-0.2, 0) is 11.3 Å². The maximum Gasteiger partial charge on any atom is 0.320 e. The maximum absolute atomic E-state index is 12.6. The molecule has 1 aliphatic rings. The zero-order chi connectivity index (χ0) is 18.1. The van der Waals surface area contributed by atoms with Crippen LogP contribution in [0.2, 0.25) is 0 Å². The number of benzene rings is 1. The number of nitrogens with zero attached hydrogens (tertiary/aromatic N) is 2. The molecular formula is C19H30N4O2. The van der Waals surface area contributed by atoms with Gasteiger partial charge in [-0.05, 0) is 37.8 Å². The molecule has 6 heteroatoms. The number of carbonyl (C=O) groups excluding carboxylic acids is 2. The molecule has 0 saturated carbocycles. The monoisotopic (exact) mass is 346 g/mol. The van der Waals surface area contributed by atoms with E-state index in [1.807, 2.05) is 42.3 Å². The largest absolute Gasteiger partial charge is 0.356 e. The first-order valence-electron chi connectivity index (χ1n) is 9.13. The summed E-state index contributed by atoms with van der Waals surface area (Å²) < 4.78 is 0. The fourth-order valence-electron chi connectivity index (χ4n) is 3.12. The number of rotatable bonds is 7. The predicted molar refractivity (Wildman–Crippen MR) is 98.9 cm³/mol. The average Bonchev–Trinajstić information content (AvgIpc) is 2.65. The van der Waals surface area contributed by atoms with Gasteiger partial charge in [-0.3, -0.25) is 4.79 Å². The summed E-state index contributed by atoms with van der Waals surface area (Å²) in [6.07, 6.45) is 3.31. The number of carbonyl (C=O) groups is 2. The summed E-state index contributed by atoms with van der Waals surface area (Å²) in [6.45, 7) is 3.22. The molecule has 1 heterocycles. The topological polar surface area (TPSA) is 78.7 Å². The first kappa shape index (κ1) is 19.2. The number of piperidine rings is 1. The fourth-order valence-corrected chi connectivity index (χ4v) is 3.12. The van der Waals surface area contributed by atoms with Gasteiger partial charge in [0.05, 0.1) is 0 Å². The summed E-state index contributed by atoms with van der Waals surface area (Å²) >= 11 is 0. The number of unbranched alkanes of at least 4 members (excludes halogenated alkanes) is 1. The number of nitrogens with one attached hydrogen (secondary N) is 1. The predicted octanol–water partition coefficient (Wildman–Crippen LogP) is 1.81. The summed E-state index contributed by atoms with van der Waals surface area (Å²) in [6, 6.07) is 10.00. The van der Waals surface area contributed by atoms with E-state index in [4.69, 9.17) is 5.73 Å². The minimum atomic E-state index is 0.0151. The zero-order valence-corrected chi connectivity index (χ0v) is 15.1. The minimum Gasteiger partial charge on any atom is -0.356 e. The molecule has 1 aromatic carbocycles. The minimum absolute atomic E-state index is 0.0151. The van der Waals surface area contributed by atoms with Gasteiger partial charge in [0.15, 0.2) is 0 Å². The lowest BCUT2D eigenvalue weighted by Crippen LogP contribution is -2.47. The van der Waals surface area contributed by atoms with E-state index in [1.165, 1.54) is 0 Å². The van der Waals surface area contributed by atoms with Gasteiger partial charge in [0.25, 0.3) is 0 Å². The molecule has 2 rings (SSSR count). The highest BCUT2D eigenvalue weighted by atomic mass is 16.2. The van der Waals surface area contributed by atoms with Crippen molar-refractivity contribution >= 4 is 11.9 Å². The van der Waals surface area contributed by atoms with E-state index in [-0.39, 0.29) is 17.9 Å². The average molecular weight is 346 g/mol. The summed E-state index contributed by atoms with van der Waals surface area (Å²) in [4.78, 5) is 28.3. The second-order valence-electron chi connectivity index (χ2n) is 6.67. The van der Waals surface area contributed by atoms with Crippen molar-refractivity contribution in [1.82, 2.24) is 15.1 Å². The number of hydrogen-bond donors (Lipinski definition) is 2. The van der Waals surface area contributed by atoms with Gasteiger partial charge in [-0.1, -0.05) is 30.3 Å². The maximum atomic E-state index is 12.6. The van der Waals surface area contributed by atoms with Gasteiger partial charge in [0.1, 0.15) is 0 Å². The molecule has 25 heavy (non-hydrogen) atoms. The second kappa shape index (κ2) is 10.0. The van der Waals surface area contributed by atoms with Gasteiger partial charge >= 0.3 is 6.03 Å². The van der Waals surface area contributed by atoms with Crippen molar-refractivity contribution < 1.29 is 9.59 Å². The molecule has 0 radical (unpaired) electrons. The Morgan fingerprint density at radius 2 is 1.88 bits per heavy atom. The molecule has 3 amide bonds. The first-order valence-corrected chi connectivity index (χ1v) is 9.13. The first-order chi connectivity index (χ1) is 12.1. The van der Waals surface area contributed by atoms with Crippen LogP contribution in [0.15, 0.2) is 30.3 Å². The van der Waals surface area contributed by atoms with Crippen LogP contribution in [0, 0.1) is 5.92 Å². The Hall–Kier alpha value is -2.08. The van der Waals surface area contributed by atoms with E-state index in [0.29, 0.717) is 32.7 Å². The van der Waals surface area contributed by atoms with E-state index in [9.17, 15) is 9.59 Å². The number of amides is 3. The highest BCUT2D eigenvalue weighted by Gasteiger charge is 2.28. The van der Waals surface area contributed by atoms with Crippen molar-refractivity contribution in [3.8, 4) is 0 Å². The molecule has 3 N–H and O–H groups in total. The Labute approximate surface area is 150 Å². The number of urea groups is 1. The van der Waals surface area contributed by atoms with Gasteiger partial charge in [0, 0.05) is 39.1 Å².